The number of likely N-dealkylation sites (N-methyl/N-ethyl adjacent to an activating group) is 1. The molecule has 0 radical (unpaired) electrons. The van der Waals surface area contributed by atoms with E-state index in [0.717, 1.165) is 5.56 Å². The van der Waals surface area contributed by atoms with Crippen LogP contribution in [0.5, 0.6) is 0 Å². The highest BCUT2D eigenvalue weighted by Gasteiger charge is 2.41. The Morgan fingerprint density at radius 2 is 1.10 bits per heavy atom. The lowest BCUT2D eigenvalue weighted by atomic mass is 9.94. The zero-order chi connectivity index (χ0) is 67.4. The predicted octanol–water partition coefficient (Wildman–Crippen LogP) is -3.54. The topological polar surface area (TPSA) is 468 Å². The molecule has 1 saturated heterocycles. The highest BCUT2D eigenvalue weighted by molar-refractivity contribution is 5.99. The van der Waals surface area contributed by atoms with E-state index in [1.807, 2.05) is 30.3 Å². The zero-order valence-electron chi connectivity index (χ0n) is 53.4. The number of aliphatic imine (C=N–C) groups is 1. The number of aliphatic hydroxyl groups is 2. The first-order chi connectivity index (χ1) is 41.9. The fourth-order valence-corrected chi connectivity index (χ4v) is 9.27. The summed E-state index contributed by atoms with van der Waals surface area (Å²) in [6.07, 6.45) is -0.481. The number of cyclic esters (lactones) is 1. The van der Waals surface area contributed by atoms with Gasteiger partial charge in [0, 0.05) is 13.0 Å². The lowest BCUT2D eigenvalue weighted by molar-refractivity contribution is -0.157. The number of aliphatic hydroxyl groups excluding tert-OH is 2. The fraction of sp³-hybridized carbons (Fsp3) is 0.678. The lowest BCUT2D eigenvalue weighted by Gasteiger charge is -2.31. The number of amides is 11. The number of nitrogens with two attached hydrogens (primary N) is 3. The zero-order valence-corrected chi connectivity index (χ0v) is 53.4. The molecule has 1 heterocycles. The van der Waals surface area contributed by atoms with E-state index in [1.165, 1.54) is 13.8 Å². The van der Waals surface area contributed by atoms with Crippen LogP contribution in [0.15, 0.2) is 35.3 Å². The van der Waals surface area contributed by atoms with Crippen molar-refractivity contribution in [1.29, 1.82) is 0 Å². The third-order valence-electron chi connectivity index (χ3n) is 16.0. The van der Waals surface area contributed by atoms with Crippen LogP contribution in [-0.4, -0.2) is 198 Å². The Morgan fingerprint density at radius 3 is 1.58 bits per heavy atom. The van der Waals surface area contributed by atoms with Crippen LogP contribution in [0.2, 0.25) is 0 Å². The number of primary amides is 1. The molecule has 16 atom stereocenters. The van der Waals surface area contributed by atoms with Crippen LogP contribution in [0.4, 0.5) is 0 Å². The van der Waals surface area contributed by atoms with E-state index < -0.39 is 193 Å². The first kappa shape index (κ1) is 77.1. The van der Waals surface area contributed by atoms with E-state index >= 15 is 0 Å². The highest BCUT2D eigenvalue weighted by atomic mass is 16.5. The van der Waals surface area contributed by atoms with Crippen molar-refractivity contribution in [2.24, 2.45) is 45.9 Å². The number of guanidine groups is 1. The van der Waals surface area contributed by atoms with Gasteiger partial charge in [-0.3, -0.25) is 62.6 Å². The van der Waals surface area contributed by atoms with Gasteiger partial charge in [0.05, 0.1) is 19.3 Å². The summed E-state index contributed by atoms with van der Waals surface area (Å²) in [5.74, 6) is -13.4. The third-order valence-corrected chi connectivity index (χ3v) is 16.0. The Balaban J connectivity index is 2.41. The normalized spacial score (nSPS) is 21.0. The summed E-state index contributed by atoms with van der Waals surface area (Å²) in [5, 5.41) is 46.4. The minimum absolute atomic E-state index is 0.0240. The van der Waals surface area contributed by atoms with Gasteiger partial charge in [-0.25, -0.2) is 4.79 Å². The molecule has 0 unspecified atom stereocenters. The summed E-state index contributed by atoms with van der Waals surface area (Å²) in [6, 6.07) is -6.26. The van der Waals surface area contributed by atoms with Gasteiger partial charge in [0.25, 0.3) is 0 Å². The monoisotopic (exact) mass is 1260 g/mol. The molecule has 30 nitrogen and oxygen atoms in total. The standard InChI is InChI=1S/C59H99N15O15/c1-13-30(5)43(70-53(83)41(74(11)12)27-36-21-18-17-19-22-36)54(84)67-39(28-75)51(81)66-38(24-25-42(60)77)50(80)69-45(32(7)15-3)56(86)71-44(31(6)14-2)55(85)68-40(29-76)52(82)73-47-35(10)89-58(88)46(33(8)16-4)72-49(79)37(23-20-26-63-59(61)62)65-48(78)34(9)64-57(47)87/h17-19,21-22,30-35,37-41,43-47,75-76H,13-16,20,23-29H2,1-12H3,(H2,60,77)(H,64,87)(H,65,78)(H,66,81)(H,67,84)(H,68,85)(H,69,80)(H,70,83)(H,71,86)(H,72,79)(H,73,82)(H4,61,62,63)/t30-,31-,32-,33-,34-,35-,37-,38+,39-,40-,41-,43-,44-,45+,46-,47+/m0/s1. The Labute approximate surface area is 521 Å². The molecule has 30 heteroatoms. The Morgan fingerprint density at radius 1 is 0.618 bits per heavy atom. The summed E-state index contributed by atoms with van der Waals surface area (Å²) >= 11 is 0. The van der Waals surface area contributed by atoms with Crippen molar-refractivity contribution in [1.82, 2.24) is 58.1 Å². The van der Waals surface area contributed by atoms with E-state index in [2.05, 4.69) is 58.2 Å². The quantitative estimate of drug-likeness (QED) is 0.0138. The number of rotatable bonds is 34. The van der Waals surface area contributed by atoms with Crippen molar-refractivity contribution >= 4 is 76.9 Å². The number of hydrogen-bond donors (Lipinski definition) is 15. The van der Waals surface area contributed by atoms with Crippen LogP contribution >= 0.6 is 0 Å². The van der Waals surface area contributed by atoms with Crippen molar-refractivity contribution in [3.05, 3.63) is 35.9 Å². The molecule has 1 aromatic carbocycles. The smallest absolute Gasteiger partial charge is 0.329 e. The molecule has 1 fully saturated rings. The van der Waals surface area contributed by atoms with Crippen molar-refractivity contribution in [2.45, 2.75) is 200 Å². The average molecular weight is 1260 g/mol. The maximum atomic E-state index is 14.4. The minimum Gasteiger partial charge on any atom is -0.458 e. The summed E-state index contributed by atoms with van der Waals surface area (Å²) in [6.45, 7) is 14.2. The molecule has 18 N–H and O–H groups in total. The molecule has 89 heavy (non-hydrogen) atoms. The van der Waals surface area contributed by atoms with Crippen LogP contribution in [-0.2, 0) is 68.7 Å². The SMILES string of the molecule is CC[C@H](C)[C@H](NC(=O)[C@H](NC(=O)[C@@H](CCC(N)=O)NC(=O)[C@H](CO)NC(=O)[C@@H](NC(=O)[C@H](Cc1ccccc1)N(C)C)[C@@H](C)CC)[C@@H](C)CC)C(=O)N[C@@H](CO)C(=O)N[C@H]1C(=O)N[C@@H](C)C(=O)N[C@@H](CCCN=C(N)N)C(=O)N[C@@H]([C@@H](C)CC)C(=O)O[C@H]1C. The molecule has 0 aromatic heterocycles. The van der Waals surface area contributed by atoms with Crippen molar-refractivity contribution < 1.29 is 72.5 Å². The molecule has 0 aliphatic carbocycles. The van der Waals surface area contributed by atoms with Gasteiger partial charge in [-0.2, -0.15) is 0 Å². The van der Waals surface area contributed by atoms with Crippen molar-refractivity contribution in [3.63, 3.8) is 0 Å². The predicted molar refractivity (Wildman–Crippen MR) is 328 cm³/mol. The number of benzene rings is 1. The molecular formula is C59H99N15O15. The van der Waals surface area contributed by atoms with E-state index in [-0.39, 0.29) is 38.2 Å². The molecule has 1 aliphatic rings. The number of nitrogens with zero attached hydrogens (tertiary/aromatic N) is 2. The van der Waals surface area contributed by atoms with Gasteiger partial charge in [-0.15, -0.1) is 0 Å². The van der Waals surface area contributed by atoms with Crippen molar-refractivity contribution in [2.75, 3.05) is 33.9 Å². The number of nitrogens with one attached hydrogen (secondary N) is 10. The highest BCUT2D eigenvalue weighted by Crippen LogP contribution is 2.18. The average Bonchev–Trinajstić information content (AvgIpc) is 2.79. The Kier molecular flexibility index (Phi) is 33.3. The second kappa shape index (κ2) is 38.4. The van der Waals surface area contributed by atoms with Gasteiger partial charge < -0.3 is 85.3 Å². The molecule has 0 spiro atoms. The largest absolute Gasteiger partial charge is 0.458 e. The van der Waals surface area contributed by atoms with Gasteiger partial charge in [-0.05, 0) is 82.9 Å². The lowest BCUT2D eigenvalue weighted by Crippen LogP contribution is -2.63. The van der Waals surface area contributed by atoms with Crippen LogP contribution in [0.1, 0.15) is 126 Å². The fourth-order valence-electron chi connectivity index (χ4n) is 9.27. The number of carbonyl (C=O) groups is 12. The van der Waals surface area contributed by atoms with Gasteiger partial charge in [0.1, 0.15) is 66.5 Å². The molecule has 2 rings (SSSR count). The number of esters is 1. The third kappa shape index (κ3) is 24.8. The van der Waals surface area contributed by atoms with Crippen LogP contribution in [0, 0.1) is 23.7 Å². The summed E-state index contributed by atoms with van der Waals surface area (Å²) in [4.78, 5) is 171. The molecule has 1 aliphatic heterocycles. The van der Waals surface area contributed by atoms with E-state index in [1.54, 1.807) is 74.4 Å². The first-order valence-corrected chi connectivity index (χ1v) is 30.4. The molecule has 500 valence electrons. The molecule has 0 bridgehead atoms. The first-order valence-electron chi connectivity index (χ1n) is 30.4. The van der Waals surface area contributed by atoms with E-state index in [4.69, 9.17) is 21.9 Å². The maximum absolute atomic E-state index is 14.4. The number of hydrogen-bond acceptors (Lipinski definition) is 17. The molecular weight excluding hydrogens is 1160 g/mol. The number of carbonyl (C=O) groups excluding carboxylic acids is 12. The van der Waals surface area contributed by atoms with E-state index in [9.17, 15) is 67.7 Å². The molecule has 11 amide bonds. The van der Waals surface area contributed by atoms with Gasteiger partial charge in [0.15, 0.2) is 5.96 Å². The number of ether oxygens (including phenoxy) is 1. The van der Waals surface area contributed by atoms with Crippen LogP contribution in [0.25, 0.3) is 0 Å². The van der Waals surface area contributed by atoms with Crippen molar-refractivity contribution in [3.8, 4) is 0 Å². The molecule has 0 saturated carbocycles. The van der Waals surface area contributed by atoms with Gasteiger partial charge >= 0.3 is 5.97 Å². The Hall–Kier alpha value is -7.99. The van der Waals surface area contributed by atoms with Gasteiger partial charge in [-0.1, -0.05) is 111 Å². The van der Waals surface area contributed by atoms with Gasteiger partial charge in [0.2, 0.25) is 65.0 Å². The second-order valence-electron chi connectivity index (χ2n) is 23.1. The Bertz CT molecular complexity index is 2590. The second-order valence-corrected chi connectivity index (χ2v) is 23.1. The van der Waals surface area contributed by atoms with Crippen LogP contribution in [0.3, 0.4) is 0 Å². The van der Waals surface area contributed by atoms with Crippen LogP contribution < -0.4 is 70.4 Å². The summed E-state index contributed by atoms with van der Waals surface area (Å²) in [7, 11) is 3.44. The summed E-state index contributed by atoms with van der Waals surface area (Å²) < 4.78 is 5.71. The maximum Gasteiger partial charge on any atom is 0.329 e. The van der Waals surface area contributed by atoms with E-state index in [0.29, 0.717) is 19.3 Å². The minimum atomic E-state index is -1.83. The molecule has 1 aromatic rings. The summed E-state index contributed by atoms with van der Waals surface area (Å²) in [5.41, 5.74) is 17.2.